The van der Waals surface area contributed by atoms with Crippen molar-refractivity contribution in [2.75, 3.05) is 25.2 Å². The van der Waals surface area contributed by atoms with Crippen molar-refractivity contribution in [1.29, 1.82) is 5.41 Å². The van der Waals surface area contributed by atoms with E-state index in [1.54, 1.807) is 31.4 Å². The second-order valence-electron chi connectivity index (χ2n) is 6.68. The second-order valence-corrected chi connectivity index (χ2v) is 6.68. The van der Waals surface area contributed by atoms with E-state index in [-0.39, 0.29) is 55.7 Å². The van der Waals surface area contributed by atoms with Crippen LogP contribution in [0.5, 0.6) is 0 Å². The van der Waals surface area contributed by atoms with E-state index in [4.69, 9.17) is 21.6 Å². The molecule has 0 atom stereocenters. The molecule has 0 saturated carbocycles. The van der Waals surface area contributed by atoms with Gasteiger partial charge in [-0.1, -0.05) is 24.3 Å². The van der Waals surface area contributed by atoms with Gasteiger partial charge in [0.2, 0.25) is 0 Å². The van der Waals surface area contributed by atoms with Gasteiger partial charge in [0, 0.05) is 31.0 Å². The van der Waals surface area contributed by atoms with Crippen molar-refractivity contribution in [3.05, 3.63) is 60.6 Å². The lowest BCUT2D eigenvalue weighted by molar-refractivity contribution is 0.189. The molecular weight excluding hydrogens is 360 g/mol. The molecule has 0 radical (unpaired) electrons. The predicted octanol–water partition coefficient (Wildman–Crippen LogP) is 0.584. The number of benzene rings is 3. The van der Waals surface area contributed by atoms with E-state index < -0.39 is 16.4 Å². The number of nitrogens with one attached hydrogen (secondary N) is 1. The summed E-state index contributed by atoms with van der Waals surface area (Å²) >= 11 is 0. The van der Waals surface area contributed by atoms with Crippen LogP contribution in [0.15, 0.2) is 38.6 Å². The van der Waals surface area contributed by atoms with Gasteiger partial charge in [-0.05, 0) is 6.42 Å². The van der Waals surface area contributed by atoms with Crippen LogP contribution >= 0.6 is 0 Å². The lowest BCUT2D eigenvalue weighted by atomic mass is 9.97. The van der Waals surface area contributed by atoms with Gasteiger partial charge in [-0.2, -0.15) is 0 Å². The minimum Gasteiger partial charge on any atom is -0.397 e. The largest absolute Gasteiger partial charge is 0.397 e. The molecule has 0 spiro atoms. The van der Waals surface area contributed by atoms with Crippen LogP contribution in [0, 0.1) is 5.41 Å². The van der Waals surface area contributed by atoms with Gasteiger partial charge in [0.15, 0.2) is 10.9 Å². The maximum atomic E-state index is 13.0. The molecule has 0 aliphatic heterocycles. The number of hydrogen-bond donors (Lipinski definition) is 3. The van der Waals surface area contributed by atoms with Crippen molar-refractivity contribution < 1.29 is 4.74 Å². The van der Waals surface area contributed by atoms with Crippen LogP contribution in [0.2, 0.25) is 0 Å². The first-order valence-electron chi connectivity index (χ1n) is 8.73. The molecule has 8 heteroatoms. The molecule has 0 unspecified atom stereocenters. The van der Waals surface area contributed by atoms with Crippen molar-refractivity contribution in [2.24, 2.45) is 0 Å². The molecule has 142 valence electrons. The van der Waals surface area contributed by atoms with Crippen molar-refractivity contribution in [3.8, 4) is 0 Å². The summed E-state index contributed by atoms with van der Waals surface area (Å²) in [6, 6.07) is 6.41. The molecule has 0 aliphatic rings. The summed E-state index contributed by atoms with van der Waals surface area (Å²) in [6.07, 6.45) is 0.515. The Morgan fingerprint density at radius 2 is 1.46 bits per heavy atom. The van der Waals surface area contributed by atoms with Crippen LogP contribution in [-0.2, 0) is 11.3 Å². The van der Waals surface area contributed by atoms with Crippen LogP contribution in [0.25, 0.3) is 32.3 Å². The van der Waals surface area contributed by atoms with Crippen molar-refractivity contribution >= 4 is 43.7 Å². The number of anilines is 2. The lowest BCUT2D eigenvalue weighted by Gasteiger charge is -2.08. The van der Waals surface area contributed by atoms with E-state index in [2.05, 4.69) is 0 Å². The van der Waals surface area contributed by atoms with Crippen LogP contribution < -0.4 is 33.4 Å². The zero-order chi connectivity index (χ0) is 20.2. The monoisotopic (exact) mass is 378 g/mol. The minimum absolute atomic E-state index is 0.0131. The van der Waals surface area contributed by atoms with Gasteiger partial charge in [0.25, 0.3) is 5.56 Å². The average molecular weight is 378 g/mol. The number of hydrogen-bond acceptors (Lipinski definition) is 7. The topological polar surface area (TPSA) is 141 Å². The van der Waals surface area contributed by atoms with Gasteiger partial charge < -0.3 is 16.2 Å². The smallest absolute Gasteiger partial charge is 0.262 e. The standard InChI is InChI=1S/C20H18N4O4/c1-28-8-4-7-24-19(23)13-14(20(24)27)16(22)12-11(15(13)21)17(25)9-5-2-3-6-10(9)18(12)26/h2-3,5-6,23H,4,7-8,21-22H2,1H3. The van der Waals surface area contributed by atoms with E-state index in [9.17, 15) is 14.4 Å². The molecule has 4 aromatic rings. The van der Waals surface area contributed by atoms with Crippen LogP contribution in [-0.4, -0.2) is 18.3 Å². The number of nitrogens with two attached hydrogens (primary N) is 2. The fraction of sp³-hybridized carbons (Fsp3) is 0.200. The molecule has 5 N–H and O–H groups in total. The third-order valence-corrected chi connectivity index (χ3v) is 5.14. The Hall–Kier alpha value is -3.52. The van der Waals surface area contributed by atoms with E-state index in [0.717, 1.165) is 0 Å². The zero-order valence-electron chi connectivity index (χ0n) is 15.2. The van der Waals surface area contributed by atoms with Gasteiger partial charge in [-0.3, -0.25) is 24.4 Å². The normalized spacial score (nSPS) is 11.8. The Labute approximate surface area is 157 Å². The molecule has 4 rings (SSSR count). The highest BCUT2D eigenvalue weighted by Gasteiger charge is 2.23. The number of nitrogen functional groups attached to an aromatic ring is 2. The van der Waals surface area contributed by atoms with Crippen LogP contribution in [0.3, 0.4) is 0 Å². The highest BCUT2D eigenvalue weighted by atomic mass is 16.5. The fourth-order valence-corrected chi connectivity index (χ4v) is 3.83. The Bertz CT molecular complexity index is 1370. The molecule has 3 aromatic carbocycles. The summed E-state index contributed by atoms with van der Waals surface area (Å²) < 4.78 is 6.23. The molecule has 0 aliphatic carbocycles. The summed E-state index contributed by atoms with van der Waals surface area (Å²) in [5.74, 6) is 0. The summed E-state index contributed by atoms with van der Waals surface area (Å²) in [5.41, 5.74) is 10.8. The highest BCUT2D eigenvalue weighted by molar-refractivity contribution is 6.20. The predicted molar refractivity (Wildman–Crippen MR) is 109 cm³/mol. The molecule has 1 heterocycles. The van der Waals surface area contributed by atoms with Gasteiger partial charge in [-0.15, -0.1) is 0 Å². The molecule has 0 saturated heterocycles. The van der Waals surface area contributed by atoms with Gasteiger partial charge in [0.1, 0.15) is 5.49 Å². The summed E-state index contributed by atoms with van der Waals surface area (Å²) in [5, 5.41) is 8.90. The van der Waals surface area contributed by atoms with Gasteiger partial charge in [0.05, 0.1) is 32.9 Å². The first kappa shape index (κ1) is 17.9. The number of nitrogens with zero attached hydrogens (tertiary/aromatic N) is 1. The van der Waals surface area contributed by atoms with E-state index in [1.807, 2.05) is 0 Å². The maximum Gasteiger partial charge on any atom is 0.262 e. The van der Waals surface area contributed by atoms with Crippen molar-refractivity contribution in [1.82, 2.24) is 4.57 Å². The molecule has 0 amide bonds. The molecule has 1 aromatic heterocycles. The quantitative estimate of drug-likeness (QED) is 0.205. The Balaban J connectivity index is 2.25. The zero-order valence-corrected chi connectivity index (χ0v) is 15.2. The number of fused-ring (bicyclic) bond motifs is 3. The summed E-state index contributed by atoms with van der Waals surface area (Å²) in [7, 11) is 1.55. The maximum absolute atomic E-state index is 13.0. The third kappa shape index (κ3) is 2.21. The fourth-order valence-electron chi connectivity index (χ4n) is 3.83. The van der Waals surface area contributed by atoms with Gasteiger partial charge >= 0.3 is 0 Å². The average Bonchev–Trinajstić information content (AvgIpc) is 2.94. The molecule has 8 nitrogen and oxygen atoms in total. The number of aromatic nitrogens is 1. The number of methoxy groups -OCH3 is 1. The highest BCUT2D eigenvalue weighted by Crippen LogP contribution is 2.31. The van der Waals surface area contributed by atoms with Gasteiger partial charge in [-0.25, -0.2) is 0 Å². The summed E-state index contributed by atoms with van der Waals surface area (Å²) in [4.78, 5) is 39.0. The number of rotatable bonds is 4. The Kier molecular flexibility index (Phi) is 4.01. The van der Waals surface area contributed by atoms with Crippen molar-refractivity contribution in [2.45, 2.75) is 13.0 Å². The SMILES string of the molecule is COCCCn1c(=N)c2c(N)c3c(=O)c4ccccc4c(=O)c3c(N)c2c1=O. The second kappa shape index (κ2) is 6.28. The lowest BCUT2D eigenvalue weighted by Crippen LogP contribution is -2.26. The molecular formula is C20H18N4O4. The molecule has 0 fully saturated rings. The minimum atomic E-state index is -0.498. The van der Waals surface area contributed by atoms with E-state index >= 15 is 0 Å². The summed E-state index contributed by atoms with van der Waals surface area (Å²) in [6.45, 7) is 0.660. The van der Waals surface area contributed by atoms with Crippen LogP contribution in [0.1, 0.15) is 6.42 Å². The number of ether oxygens (including phenoxy) is 1. The van der Waals surface area contributed by atoms with Crippen LogP contribution in [0.4, 0.5) is 11.4 Å². The third-order valence-electron chi connectivity index (χ3n) is 5.14. The van der Waals surface area contributed by atoms with E-state index in [1.165, 1.54) is 4.57 Å². The van der Waals surface area contributed by atoms with E-state index in [0.29, 0.717) is 13.0 Å². The molecule has 28 heavy (non-hydrogen) atoms. The first-order chi connectivity index (χ1) is 13.4. The Morgan fingerprint density at radius 1 is 0.929 bits per heavy atom. The molecule has 0 bridgehead atoms. The first-order valence-corrected chi connectivity index (χ1v) is 8.73. The van der Waals surface area contributed by atoms with Crippen molar-refractivity contribution in [3.63, 3.8) is 0 Å². The Morgan fingerprint density at radius 3 is 2.00 bits per heavy atom.